The molecule has 0 saturated heterocycles. The Kier molecular flexibility index (Phi) is 2.61. The lowest BCUT2D eigenvalue weighted by atomic mass is 9.91. The molecule has 0 radical (unpaired) electrons. The SMILES string of the molecule is CC1(C)C[C@@]1(C(=O)N1CCc2[nH]ncc2C1)c1cccs1. The fourth-order valence-corrected chi connectivity index (χ4v) is 4.79. The minimum Gasteiger partial charge on any atom is -0.337 e. The molecule has 1 aliphatic heterocycles. The van der Waals surface area contributed by atoms with Gasteiger partial charge in [-0.15, -0.1) is 11.3 Å². The van der Waals surface area contributed by atoms with Gasteiger partial charge in [0.05, 0.1) is 11.6 Å². The Morgan fingerprint density at radius 2 is 2.29 bits per heavy atom. The zero-order chi connectivity index (χ0) is 14.7. The first-order valence-electron chi connectivity index (χ1n) is 7.39. The third-order valence-corrected chi connectivity index (χ3v) is 6.16. The molecule has 4 rings (SSSR count). The van der Waals surface area contributed by atoms with Crippen molar-refractivity contribution in [2.24, 2.45) is 5.41 Å². The van der Waals surface area contributed by atoms with E-state index in [9.17, 15) is 4.79 Å². The lowest BCUT2D eigenvalue weighted by Crippen LogP contribution is -2.43. The van der Waals surface area contributed by atoms with Crippen molar-refractivity contribution in [3.63, 3.8) is 0 Å². The highest BCUT2D eigenvalue weighted by molar-refractivity contribution is 7.10. The Morgan fingerprint density at radius 3 is 2.95 bits per heavy atom. The molecular weight excluding hydrogens is 282 g/mol. The maximum atomic E-state index is 13.2. The fourth-order valence-electron chi connectivity index (χ4n) is 3.70. The monoisotopic (exact) mass is 301 g/mol. The van der Waals surface area contributed by atoms with Gasteiger partial charge in [-0.3, -0.25) is 9.89 Å². The average Bonchev–Trinajstić information content (AvgIpc) is 2.93. The van der Waals surface area contributed by atoms with E-state index in [-0.39, 0.29) is 10.8 Å². The van der Waals surface area contributed by atoms with E-state index < -0.39 is 0 Å². The number of nitrogens with one attached hydrogen (secondary N) is 1. The van der Waals surface area contributed by atoms with Crippen molar-refractivity contribution in [3.05, 3.63) is 39.8 Å². The number of aromatic nitrogens is 2. The van der Waals surface area contributed by atoms with E-state index in [2.05, 4.69) is 35.5 Å². The Labute approximate surface area is 128 Å². The van der Waals surface area contributed by atoms with Crippen LogP contribution in [0, 0.1) is 5.41 Å². The third kappa shape index (κ3) is 1.73. The van der Waals surface area contributed by atoms with Crippen LogP contribution in [-0.4, -0.2) is 27.5 Å². The number of rotatable bonds is 2. The summed E-state index contributed by atoms with van der Waals surface area (Å²) in [5.74, 6) is 0.293. The van der Waals surface area contributed by atoms with E-state index in [1.807, 2.05) is 17.2 Å². The number of thiophene rings is 1. The molecule has 2 aromatic heterocycles. The molecule has 5 heteroatoms. The molecule has 110 valence electrons. The predicted molar refractivity (Wildman–Crippen MR) is 82.1 cm³/mol. The van der Waals surface area contributed by atoms with Gasteiger partial charge in [0.2, 0.25) is 5.91 Å². The van der Waals surface area contributed by atoms with Gasteiger partial charge < -0.3 is 4.90 Å². The minimum atomic E-state index is -0.303. The number of amides is 1. The largest absolute Gasteiger partial charge is 0.337 e. The summed E-state index contributed by atoms with van der Waals surface area (Å²) in [5.41, 5.74) is 2.10. The van der Waals surface area contributed by atoms with E-state index in [1.165, 1.54) is 10.6 Å². The molecule has 0 spiro atoms. The summed E-state index contributed by atoms with van der Waals surface area (Å²) in [7, 11) is 0. The van der Waals surface area contributed by atoms with Crippen LogP contribution >= 0.6 is 11.3 Å². The van der Waals surface area contributed by atoms with E-state index in [0.717, 1.165) is 24.9 Å². The summed E-state index contributed by atoms with van der Waals surface area (Å²) in [6, 6.07) is 4.17. The summed E-state index contributed by atoms with van der Waals surface area (Å²) in [6.07, 6.45) is 3.68. The van der Waals surface area contributed by atoms with Crippen LogP contribution in [0.5, 0.6) is 0 Å². The summed E-state index contributed by atoms with van der Waals surface area (Å²) >= 11 is 1.71. The van der Waals surface area contributed by atoms with Crippen molar-refractivity contribution in [1.29, 1.82) is 0 Å². The predicted octanol–water partition coefficient (Wildman–Crippen LogP) is 2.72. The quantitative estimate of drug-likeness (QED) is 0.927. The van der Waals surface area contributed by atoms with Crippen molar-refractivity contribution in [2.75, 3.05) is 6.54 Å². The van der Waals surface area contributed by atoms with Crippen LogP contribution in [-0.2, 0) is 23.2 Å². The zero-order valence-electron chi connectivity index (χ0n) is 12.3. The van der Waals surface area contributed by atoms with Crippen molar-refractivity contribution < 1.29 is 4.79 Å². The molecule has 3 heterocycles. The number of carbonyl (C=O) groups excluding carboxylic acids is 1. The first-order valence-corrected chi connectivity index (χ1v) is 8.27. The molecule has 0 aromatic carbocycles. The van der Waals surface area contributed by atoms with Gasteiger partial charge in [0.25, 0.3) is 0 Å². The van der Waals surface area contributed by atoms with Gasteiger partial charge in [-0.2, -0.15) is 5.10 Å². The molecule has 4 nitrogen and oxygen atoms in total. The number of H-pyrrole nitrogens is 1. The molecule has 0 unspecified atom stereocenters. The maximum absolute atomic E-state index is 13.2. The van der Waals surface area contributed by atoms with E-state index in [1.54, 1.807) is 11.3 Å². The van der Waals surface area contributed by atoms with Crippen LogP contribution in [0.2, 0.25) is 0 Å². The molecule has 1 amide bonds. The zero-order valence-corrected chi connectivity index (χ0v) is 13.2. The highest BCUT2D eigenvalue weighted by Crippen LogP contribution is 2.66. The van der Waals surface area contributed by atoms with E-state index >= 15 is 0 Å². The Hall–Kier alpha value is -1.62. The van der Waals surface area contributed by atoms with Gasteiger partial charge in [-0.05, 0) is 23.3 Å². The summed E-state index contributed by atoms with van der Waals surface area (Å²) < 4.78 is 0. The fraction of sp³-hybridized carbons (Fsp3) is 0.500. The van der Waals surface area contributed by atoms with E-state index in [4.69, 9.17) is 0 Å². The number of hydrogen-bond donors (Lipinski definition) is 1. The third-order valence-electron chi connectivity index (χ3n) is 5.13. The Morgan fingerprint density at radius 1 is 1.48 bits per heavy atom. The molecule has 2 aromatic rings. The summed E-state index contributed by atoms with van der Waals surface area (Å²) in [4.78, 5) is 16.5. The second-order valence-corrected chi connectivity index (χ2v) is 7.74. The van der Waals surface area contributed by atoms with Crippen LogP contribution in [0.15, 0.2) is 23.7 Å². The minimum absolute atomic E-state index is 0.0611. The van der Waals surface area contributed by atoms with Gasteiger partial charge in [0.1, 0.15) is 0 Å². The van der Waals surface area contributed by atoms with Crippen LogP contribution < -0.4 is 0 Å². The molecule has 1 fully saturated rings. The molecule has 1 saturated carbocycles. The Balaban J connectivity index is 1.66. The highest BCUT2D eigenvalue weighted by atomic mass is 32.1. The smallest absolute Gasteiger partial charge is 0.234 e. The second kappa shape index (κ2) is 4.19. The highest BCUT2D eigenvalue weighted by Gasteiger charge is 2.68. The lowest BCUT2D eigenvalue weighted by molar-refractivity contribution is -0.135. The number of carbonyl (C=O) groups is 1. The number of fused-ring (bicyclic) bond motifs is 1. The first kappa shape index (κ1) is 13.1. The lowest BCUT2D eigenvalue weighted by Gasteiger charge is -2.31. The van der Waals surface area contributed by atoms with Crippen LogP contribution in [0.1, 0.15) is 36.4 Å². The molecule has 0 bridgehead atoms. The standard InChI is InChI=1S/C16H19N3OS/c1-15(2)10-16(15,13-4-3-7-21-13)14(20)19-6-5-12-11(9-19)8-17-18-12/h3-4,7-8H,5-6,9-10H2,1-2H3,(H,17,18)/t16-/m0/s1. The van der Waals surface area contributed by atoms with Crippen LogP contribution in [0.4, 0.5) is 0 Å². The number of aromatic amines is 1. The topological polar surface area (TPSA) is 49.0 Å². The number of nitrogens with zero attached hydrogens (tertiary/aromatic N) is 2. The van der Waals surface area contributed by atoms with Crippen molar-refractivity contribution in [2.45, 2.75) is 38.6 Å². The van der Waals surface area contributed by atoms with Gasteiger partial charge in [-0.1, -0.05) is 19.9 Å². The first-order chi connectivity index (χ1) is 10.0. The number of hydrogen-bond acceptors (Lipinski definition) is 3. The van der Waals surface area contributed by atoms with Crippen molar-refractivity contribution in [1.82, 2.24) is 15.1 Å². The van der Waals surface area contributed by atoms with E-state index in [0.29, 0.717) is 12.5 Å². The maximum Gasteiger partial charge on any atom is 0.234 e. The summed E-state index contributed by atoms with van der Waals surface area (Å²) in [5, 5.41) is 9.19. The van der Waals surface area contributed by atoms with Crippen LogP contribution in [0.3, 0.4) is 0 Å². The van der Waals surface area contributed by atoms with Crippen molar-refractivity contribution >= 4 is 17.2 Å². The second-order valence-electron chi connectivity index (χ2n) is 6.79. The molecule has 2 aliphatic rings. The van der Waals surface area contributed by atoms with Gasteiger partial charge in [-0.25, -0.2) is 0 Å². The molecular formula is C16H19N3OS. The van der Waals surface area contributed by atoms with Crippen LogP contribution in [0.25, 0.3) is 0 Å². The normalized spacial score (nSPS) is 26.5. The average molecular weight is 301 g/mol. The molecule has 1 atom stereocenters. The molecule has 21 heavy (non-hydrogen) atoms. The van der Waals surface area contributed by atoms with Gasteiger partial charge in [0.15, 0.2) is 0 Å². The molecule has 1 aliphatic carbocycles. The van der Waals surface area contributed by atoms with Gasteiger partial charge in [0, 0.05) is 35.6 Å². The summed E-state index contributed by atoms with van der Waals surface area (Å²) in [6.45, 7) is 5.89. The Bertz CT molecular complexity index is 688. The van der Waals surface area contributed by atoms with Crippen molar-refractivity contribution in [3.8, 4) is 0 Å². The molecule has 1 N–H and O–H groups in total. The van der Waals surface area contributed by atoms with Gasteiger partial charge >= 0.3 is 0 Å².